The van der Waals surface area contributed by atoms with Crippen molar-refractivity contribution < 1.29 is 15.3 Å². The average Bonchev–Trinajstić information content (AvgIpc) is 3.75. The van der Waals surface area contributed by atoms with Crippen LogP contribution < -0.4 is 10.6 Å². The molecule has 3 aliphatic carbocycles. The Balaban J connectivity index is 1.39. The molecule has 0 unspecified atom stereocenters. The number of aromatic nitrogens is 4. The van der Waals surface area contributed by atoms with Gasteiger partial charge in [0.05, 0.1) is 33.8 Å². The van der Waals surface area contributed by atoms with Gasteiger partial charge in [0.25, 0.3) is 0 Å². The van der Waals surface area contributed by atoms with E-state index in [2.05, 4.69) is 15.6 Å². The number of thiazole rings is 1. The second-order valence-corrected chi connectivity index (χ2v) is 11.0. The molecule has 9 nitrogen and oxygen atoms in total. The lowest BCUT2D eigenvalue weighted by molar-refractivity contribution is 0.00446. The van der Waals surface area contributed by atoms with Crippen LogP contribution in [0.5, 0.6) is 0 Å². The molecule has 0 saturated heterocycles. The molecule has 4 atom stereocenters. The van der Waals surface area contributed by atoms with Crippen LogP contribution in [0.1, 0.15) is 49.4 Å². The molecular weight excluding hydrogens is 452 g/mol. The molecule has 0 radical (unpaired) electrons. The topological polar surface area (TPSA) is 136 Å². The van der Waals surface area contributed by atoms with Gasteiger partial charge in [0.1, 0.15) is 22.4 Å². The first-order chi connectivity index (χ1) is 16.5. The molecule has 0 amide bonds. The van der Waals surface area contributed by atoms with Crippen molar-refractivity contribution in [3.63, 3.8) is 0 Å². The van der Waals surface area contributed by atoms with Crippen molar-refractivity contribution in [2.24, 2.45) is 11.8 Å². The lowest BCUT2D eigenvalue weighted by Gasteiger charge is -2.21. The smallest absolute Gasteiger partial charge is 0.224 e. The molecule has 3 aromatic rings. The van der Waals surface area contributed by atoms with Gasteiger partial charge in [-0.15, -0.1) is 11.3 Å². The fourth-order valence-electron chi connectivity index (χ4n) is 4.83. The lowest BCUT2D eigenvalue weighted by atomic mass is 10.1. The summed E-state index contributed by atoms with van der Waals surface area (Å²) in [5.41, 5.74) is 3.61. The maximum atomic E-state index is 10.6. The quantitative estimate of drug-likeness (QED) is 0.328. The highest BCUT2D eigenvalue weighted by Crippen LogP contribution is 2.44. The Kier molecular flexibility index (Phi) is 5.63. The van der Waals surface area contributed by atoms with E-state index < -0.39 is 18.2 Å². The van der Waals surface area contributed by atoms with Gasteiger partial charge >= 0.3 is 0 Å². The Morgan fingerprint density at radius 3 is 2.62 bits per heavy atom. The maximum Gasteiger partial charge on any atom is 0.224 e. The number of aliphatic hydroxyl groups excluding tert-OH is 3. The van der Waals surface area contributed by atoms with Crippen LogP contribution in [-0.2, 0) is 0 Å². The maximum absolute atomic E-state index is 10.6. The van der Waals surface area contributed by atoms with Crippen LogP contribution >= 0.6 is 11.3 Å². The summed E-state index contributed by atoms with van der Waals surface area (Å²) in [5.74, 6) is 1.92. The van der Waals surface area contributed by atoms with E-state index in [1.54, 1.807) is 11.3 Å². The normalized spacial score (nSPS) is 26.8. The fourth-order valence-corrected chi connectivity index (χ4v) is 5.90. The Labute approximate surface area is 201 Å². The highest BCUT2D eigenvalue weighted by Gasteiger charge is 2.41. The molecule has 3 saturated carbocycles. The van der Waals surface area contributed by atoms with Crippen molar-refractivity contribution in [1.29, 1.82) is 0 Å². The minimum Gasteiger partial charge on any atom is -0.396 e. The Bertz CT molecular complexity index is 1210. The zero-order chi connectivity index (χ0) is 23.4. The Morgan fingerprint density at radius 1 is 1.09 bits per heavy atom. The summed E-state index contributed by atoms with van der Waals surface area (Å²) >= 11 is 1.59. The minimum atomic E-state index is -0.996. The summed E-state index contributed by atoms with van der Waals surface area (Å²) in [4.78, 5) is 19.1. The van der Waals surface area contributed by atoms with Crippen LogP contribution in [-0.4, -0.2) is 66.7 Å². The number of aryl methyl sites for hydroxylation is 1. The number of pyridine rings is 1. The average molecular weight is 483 g/mol. The predicted octanol–water partition coefficient (Wildman–Crippen LogP) is 2.67. The third-order valence-corrected chi connectivity index (χ3v) is 8.25. The van der Waals surface area contributed by atoms with Crippen molar-refractivity contribution in [2.45, 2.75) is 63.2 Å². The van der Waals surface area contributed by atoms with E-state index in [-0.39, 0.29) is 12.5 Å². The number of rotatable bonds is 8. The summed E-state index contributed by atoms with van der Waals surface area (Å²) in [6.07, 6.45) is 5.10. The van der Waals surface area contributed by atoms with Gasteiger partial charge in [-0.1, -0.05) is 0 Å². The lowest BCUT2D eigenvalue weighted by Crippen LogP contribution is -2.35. The first-order valence-corrected chi connectivity index (χ1v) is 12.9. The number of nitrogens with one attached hydrogen (secondary N) is 2. The Morgan fingerprint density at radius 2 is 1.91 bits per heavy atom. The van der Waals surface area contributed by atoms with E-state index in [0.29, 0.717) is 30.0 Å². The molecular formula is C24H30N6O3S. The van der Waals surface area contributed by atoms with Crippen LogP contribution in [0.3, 0.4) is 0 Å². The van der Waals surface area contributed by atoms with E-state index in [4.69, 9.17) is 15.0 Å². The molecule has 3 aromatic heterocycles. The zero-order valence-corrected chi connectivity index (χ0v) is 19.9. The first kappa shape index (κ1) is 22.1. The van der Waals surface area contributed by atoms with Gasteiger partial charge in [0.15, 0.2) is 0 Å². The molecule has 3 aliphatic rings. The summed E-state index contributed by atoms with van der Waals surface area (Å²) in [6, 6.07) is 1.56. The summed E-state index contributed by atoms with van der Waals surface area (Å²) in [5, 5.41) is 38.1. The van der Waals surface area contributed by atoms with E-state index in [1.165, 1.54) is 12.8 Å². The zero-order valence-electron chi connectivity index (χ0n) is 19.1. The number of aliphatic hydroxyl groups is 3. The summed E-state index contributed by atoms with van der Waals surface area (Å²) < 4.78 is 1.09. The second kappa shape index (κ2) is 8.67. The molecule has 5 N–H and O–H groups in total. The number of fused-ring (bicyclic) bond motifs is 1. The monoisotopic (exact) mass is 482 g/mol. The van der Waals surface area contributed by atoms with E-state index in [1.807, 2.05) is 19.2 Å². The number of nitrogens with zero attached hydrogens (tertiary/aromatic N) is 4. The first-order valence-electron chi connectivity index (χ1n) is 12.1. The SMILES string of the molecule is Cc1nc(NCC2CC2)nc(N[C@@H]2C[C@H](CO)[C@@H](O)[C@H]2O)c1-c1nc2c(C3CC3)nccc2s1. The number of hydrogen-bond donors (Lipinski definition) is 5. The summed E-state index contributed by atoms with van der Waals surface area (Å²) in [6.45, 7) is 2.62. The van der Waals surface area contributed by atoms with Crippen molar-refractivity contribution >= 4 is 33.3 Å². The van der Waals surface area contributed by atoms with Crippen LogP contribution in [0.4, 0.5) is 11.8 Å². The van der Waals surface area contributed by atoms with Crippen molar-refractivity contribution in [3.8, 4) is 10.6 Å². The molecule has 0 aliphatic heterocycles. The van der Waals surface area contributed by atoms with Crippen LogP contribution in [0.2, 0.25) is 0 Å². The molecule has 3 heterocycles. The highest BCUT2D eigenvalue weighted by atomic mass is 32.1. The third kappa shape index (κ3) is 4.13. The molecule has 0 aromatic carbocycles. The molecule has 10 heteroatoms. The third-order valence-electron chi connectivity index (χ3n) is 7.21. The van der Waals surface area contributed by atoms with Gasteiger partial charge in [-0.3, -0.25) is 4.98 Å². The number of hydrogen-bond acceptors (Lipinski definition) is 10. The van der Waals surface area contributed by atoms with Crippen LogP contribution in [0.25, 0.3) is 20.8 Å². The molecule has 0 spiro atoms. The van der Waals surface area contributed by atoms with Gasteiger partial charge in [-0.2, -0.15) is 4.98 Å². The molecule has 34 heavy (non-hydrogen) atoms. The van der Waals surface area contributed by atoms with Gasteiger partial charge < -0.3 is 26.0 Å². The van der Waals surface area contributed by atoms with Gasteiger partial charge in [-0.05, 0) is 51.0 Å². The standard InChI is InChI=1S/C24H30N6O3S/c1-11-17(23-29-19-16(34-23)6-7-25-18(19)13-4-5-13)22(30-24(27-11)26-9-12-2-3-12)28-15-8-14(10-31)20(32)21(15)33/h6-7,12-15,20-21,31-33H,2-5,8-10H2,1H3,(H2,26,27,28,30)/t14-,15-,20-,21+/m1/s1. The Hall–Kier alpha value is -2.40. The highest BCUT2D eigenvalue weighted by molar-refractivity contribution is 7.21. The van der Waals surface area contributed by atoms with Gasteiger partial charge in [-0.25, -0.2) is 9.97 Å². The number of anilines is 2. The molecule has 0 bridgehead atoms. The van der Waals surface area contributed by atoms with Crippen molar-refractivity contribution in [2.75, 3.05) is 23.8 Å². The predicted molar refractivity (Wildman–Crippen MR) is 131 cm³/mol. The van der Waals surface area contributed by atoms with E-state index >= 15 is 0 Å². The second-order valence-electron chi connectivity index (χ2n) is 9.93. The van der Waals surface area contributed by atoms with Crippen molar-refractivity contribution in [1.82, 2.24) is 19.9 Å². The van der Waals surface area contributed by atoms with Crippen molar-refractivity contribution in [3.05, 3.63) is 23.7 Å². The minimum absolute atomic E-state index is 0.172. The van der Waals surface area contributed by atoms with Crippen LogP contribution in [0, 0.1) is 18.8 Å². The molecule has 3 fully saturated rings. The van der Waals surface area contributed by atoms with E-state index in [9.17, 15) is 15.3 Å². The largest absolute Gasteiger partial charge is 0.396 e. The van der Waals surface area contributed by atoms with Gasteiger partial charge in [0, 0.05) is 31.2 Å². The van der Waals surface area contributed by atoms with Crippen LogP contribution in [0.15, 0.2) is 12.3 Å². The molecule has 180 valence electrons. The fraction of sp³-hybridized carbons (Fsp3) is 0.583. The van der Waals surface area contributed by atoms with E-state index in [0.717, 1.165) is 51.6 Å². The van der Waals surface area contributed by atoms with Gasteiger partial charge in [0.2, 0.25) is 5.95 Å². The molecule has 6 rings (SSSR count). The summed E-state index contributed by atoms with van der Waals surface area (Å²) in [7, 11) is 0.